The van der Waals surface area contributed by atoms with E-state index >= 15 is 0 Å². The molecule has 3 rings (SSSR count). The first-order chi connectivity index (χ1) is 15.9. The number of ether oxygens (including phenoxy) is 1. The van der Waals surface area contributed by atoms with Gasteiger partial charge in [-0.25, -0.2) is 0 Å². The Kier molecular flexibility index (Phi) is 8.64. The third-order valence-corrected chi connectivity index (χ3v) is 12.8. The SMILES string of the molecule is CCC(C(=O)Nc1c(C)cc(C#N)cc1C)[PH]1(CC(=O)OCc2ccccc2)CCCCC1. The Morgan fingerprint density at radius 1 is 1.09 bits per heavy atom. The van der Waals surface area contributed by atoms with Crippen molar-refractivity contribution in [2.45, 2.75) is 58.7 Å². The minimum atomic E-state index is -2.22. The van der Waals surface area contributed by atoms with Crippen molar-refractivity contribution in [3.63, 3.8) is 0 Å². The molecule has 0 aromatic heterocycles. The van der Waals surface area contributed by atoms with E-state index in [1.165, 1.54) is 6.42 Å². The zero-order chi connectivity index (χ0) is 23.8. The summed E-state index contributed by atoms with van der Waals surface area (Å²) in [5, 5.41) is 12.4. The maximum absolute atomic E-state index is 13.6. The number of hydrogen-bond donors (Lipinski definition) is 1. The Hall–Kier alpha value is -2.70. The third kappa shape index (κ3) is 6.21. The van der Waals surface area contributed by atoms with Gasteiger partial charge in [-0.15, -0.1) is 0 Å². The van der Waals surface area contributed by atoms with Crippen LogP contribution in [0.2, 0.25) is 0 Å². The predicted molar refractivity (Wildman–Crippen MR) is 136 cm³/mol. The van der Waals surface area contributed by atoms with E-state index in [1.807, 2.05) is 44.2 Å². The molecule has 176 valence electrons. The van der Waals surface area contributed by atoms with Crippen molar-refractivity contribution in [3.8, 4) is 6.07 Å². The van der Waals surface area contributed by atoms with Crippen molar-refractivity contribution < 1.29 is 14.3 Å². The number of carbonyl (C=O) groups is 2. The molecule has 1 N–H and O–H groups in total. The van der Waals surface area contributed by atoms with Gasteiger partial charge in [-0.05, 0) is 0 Å². The molecule has 1 atom stereocenters. The molecule has 1 amide bonds. The summed E-state index contributed by atoms with van der Waals surface area (Å²) in [5.74, 6) is -0.165. The van der Waals surface area contributed by atoms with Crippen LogP contribution in [0, 0.1) is 25.2 Å². The Morgan fingerprint density at radius 2 is 1.73 bits per heavy atom. The van der Waals surface area contributed by atoms with E-state index in [0.29, 0.717) is 11.7 Å². The Morgan fingerprint density at radius 3 is 2.30 bits per heavy atom. The van der Waals surface area contributed by atoms with Gasteiger partial charge in [-0.1, -0.05) is 0 Å². The van der Waals surface area contributed by atoms with Crippen molar-refractivity contribution in [2.75, 3.05) is 23.8 Å². The first-order valence-corrected chi connectivity index (χ1v) is 14.6. The number of hydrogen-bond acceptors (Lipinski definition) is 4. The van der Waals surface area contributed by atoms with Gasteiger partial charge < -0.3 is 0 Å². The maximum atomic E-state index is 13.6. The minimum absolute atomic E-state index is 0.0119. The van der Waals surface area contributed by atoms with Gasteiger partial charge in [0.25, 0.3) is 0 Å². The summed E-state index contributed by atoms with van der Waals surface area (Å²) in [7, 11) is -2.22. The number of nitriles is 1. The second kappa shape index (κ2) is 11.4. The summed E-state index contributed by atoms with van der Waals surface area (Å²) < 4.78 is 5.65. The number of nitrogens with one attached hydrogen (secondary N) is 1. The van der Waals surface area contributed by atoms with E-state index in [2.05, 4.69) is 18.3 Å². The molecule has 0 saturated carbocycles. The van der Waals surface area contributed by atoms with Crippen LogP contribution in [0.25, 0.3) is 0 Å². The van der Waals surface area contributed by atoms with E-state index in [0.717, 1.165) is 54.0 Å². The quantitative estimate of drug-likeness (QED) is 0.407. The van der Waals surface area contributed by atoms with Gasteiger partial charge in [0, 0.05) is 0 Å². The van der Waals surface area contributed by atoms with E-state index in [4.69, 9.17) is 4.74 Å². The van der Waals surface area contributed by atoms with Crippen LogP contribution in [-0.2, 0) is 20.9 Å². The second-order valence-corrected chi connectivity index (χ2v) is 14.1. The molecular formula is C27H35N2O3P. The summed E-state index contributed by atoms with van der Waals surface area (Å²) in [6.07, 6.45) is 6.43. The summed E-state index contributed by atoms with van der Waals surface area (Å²) in [6, 6.07) is 15.5. The summed E-state index contributed by atoms with van der Waals surface area (Å²) in [4.78, 5) is 26.5. The van der Waals surface area contributed by atoms with Crippen LogP contribution >= 0.6 is 7.26 Å². The third-order valence-electron chi connectivity index (χ3n) is 6.96. The van der Waals surface area contributed by atoms with Crippen molar-refractivity contribution >= 4 is 24.8 Å². The molecule has 1 fully saturated rings. The average Bonchev–Trinajstić information content (AvgIpc) is 2.81. The van der Waals surface area contributed by atoms with Crippen LogP contribution in [0.5, 0.6) is 0 Å². The fraction of sp³-hybridized carbons (Fsp3) is 0.444. The molecule has 2 aromatic carbocycles. The van der Waals surface area contributed by atoms with Crippen LogP contribution in [0.3, 0.4) is 0 Å². The summed E-state index contributed by atoms with van der Waals surface area (Å²) >= 11 is 0. The standard InChI is InChI=1S/C27H35N2O3P/c1-4-24(27(31)29-26-20(2)15-23(17-28)16-21(26)3)33(13-9-6-10-14-33)19-25(30)32-18-22-11-7-5-8-12-22/h5,7-8,11-12,15-16,24,33H,4,6,9-10,13-14,18-19H2,1-3H3,(H,29,31). The molecule has 0 aliphatic carbocycles. The molecule has 0 spiro atoms. The van der Waals surface area contributed by atoms with Gasteiger partial charge >= 0.3 is 198 Å². The number of carbonyl (C=O) groups excluding carboxylic acids is 2. The predicted octanol–water partition coefficient (Wildman–Crippen LogP) is 5.57. The van der Waals surface area contributed by atoms with Crippen molar-refractivity contribution in [2.24, 2.45) is 0 Å². The van der Waals surface area contributed by atoms with Crippen LogP contribution in [-0.4, -0.2) is 36.0 Å². The zero-order valence-electron chi connectivity index (χ0n) is 19.9. The fourth-order valence-corrected chi connectivity index (χ4v) is 10.9. The van der Waals surface area contributed by atoms with E-state index in [9.17, 15) is 14.9 Å². The molecular weight excluding hydrogens is 431 g/mol. The number of esters is 1. The van der Waals surface area contributed by atoms with Crippen molar-refractivity contribution in [3.05, 3.63) is 64.7 Å². The molecule has 1 aliphatic rings. The molecule has 0 bridgehead atoms. The van der Waals surface area contributed by atoms with Gasteiger partial charge in [0.15, 0.2) is 0 Å². The first-order valence-electron chi connectivity index (χ1n) is 11.9. The van der Waals surface area contributed by atoms with Gasteiger partial charge in [-0.2, -0.15) is 0 Å². The zero-order valence-corrected chi connectivity index (χ0v) is 20.9. The molecule has 0 radical (unpaired) electrons. The molecule has 33 heavy (non-hydrogen) atoms. The molecule has 1 aliphatic heterocycles. The van der Waals surface area contributed by atoms with Crippen LogP contribution in [0.1, 0.15) is 54.9 Å². The van der Waals surface area contributed by atoms with Gasteiger partial charge in [-0.3, -0.25) is 0 Å². The van der Waals surface area contributed by atoms with E-state index < -0.39 is 7.26 Å². The molecule has 1 heterocycles. The number of benzene rings is 2. The van der Waals surface area contributed by atoms with Crippen LogP contribution in [0.4, 0.5) is 5.69 Å². The van der Waals surface area contributed by atoms with Crippen molar-refractivity contribution in [1.29, 1.82) is 5.26 Å². The fourth-order valence-electron chi connectivity index (χ4n) is 5.31. The normalized spacial score (nSPS) is 16.8. The van der Waals surface area contributed by atoms with Crippen LogP contribution < -0.4 is 5.32 Å². The number of amides is 1. The number of nitrogens with zero attached hydrogens (tertiary/aromatic N) is 1. The second-order valence-electron chi connectivity index (χ2n) is 9.29. The van der Waals surface area contributed by atoms with E-state index in [-0.39, 0.29) is 24.1 Å². The number of rotatable bonds is 8. The molecule has 5 nitrogen and oxygen atoms in total. The van der Waals surface area contributed by atoms with E-state index in [1.54, 1.807) is 12.1 Å². The monoisotopic (exact) mass is 466 g/mol. The Labute approximate surface area is 197 Å². The summed E-state index contributed by atoms with van der Waals surface area (Å²) in [6.45, 7) is 6.16. The van der Waals surface area contributed by atoms with Gasteiger partial charge in [0.05, 0.1) is 0 Å². The number of aryl methyl sites for hydroxylation is 2. The molecule has 1 unspecified atom stereocenters. The number of anilines is 1. The average molecular weight is 467 g/mol. The van der Waals surface area contributed by atoms with Crippen molar-refractivity contribution in [1.82, 2.24) is 0 Å². The molecule has 6 heteroatoms. The Balaban J connectivity index is 1.77. The molecule has 1 saturated heterocycles. The Bertz CT molecular complexity index is 1000. The van der Waals surface area contributed by atoms with Crippen LogP contribution in [0.15, 0.2) is 42.5 Å². The molecule has 2 aromatic rings. The topological polar surface area (TPSA) is 79.2 Å². The van der Waals surface area contributed by atoms with Gasteiger partial charge in [0.1, 0.15) is 0 Å². The first kappa shape index (κ1) is 24.9. The van der Waals surface area contributed by atoms with Gasteiger partial charge in [0.2, 0.25) is 0 Å². The summed E-state index contributed by atoms with van der Waals surface area (Å²) in [5.41, 5.74) is 3.98.